The van der Waals surface area contributed by atoms with E-state index in [0.717, 1.165) is 11.1 Å². The second-order valence-corrected chi connectivity index (χ2v) is 7.53. The van der Waals surface area contributed by atoms with Crippen molar-refractivity contribution in [1.82, 2.24) is 10.4 Å². The average Bonchev–Trinajstić information content (AvgIpc) is 3.18. The molecular formula is C21H19N5O9. The van der Waals surface area contributed by atoms with E-state index >= 15 is 0 Å². The summed E-state index contributed by atoms with van der Waals surface area (Å²) in [5.74, 6) is -4.11. The van der Waals surface area contributed by atoms with Gasteiger partial charge in [-0.05, 0) is 19.1 Å². The third-order valence-corrected chi connectivity index (χ3v) is 5.08. The molecule has 1 atom stereocenters. The number of hydrogen-bond donors (Lipinski definition) is 2. The monoisotopic (exact) mass is 485 g/mol. The summed E-state index contributed by atoms with van der Waals surface area (Å²) in [5, 5.41) is 25.3. The maximum atomic E-state index is 12.4. The molecule has 14 heteroatoms. The van der Waals surface area contributed by atoms with Crippen LogP contribution < -0.4 is 10.7 Å². The zero-order valence-corrected chi connectivity index (χ0v) is 18.3. The lowest BCUT2D eigenvalue weighted by atomic mass is 10.1. The Kier molecular flexibility index (Phi) is 7.34. The van der Waals surface area contributed by atoms with Gasteiger partial charge in [-0.3, -0.25) is 49.8 Å². The number of aryl methyl sites for hydroxylation is 1. The van der Waals surface area contributed by atoms with E-state index in [4.69, 9.17) is 4.74 Å². The maximum absolute atomic E-state index is 12.4. The molecule has 0 aliphatic carbocycles. The van der Waals surface area contributed by atoms with Gasteiger partial charge in [0.25, 0.3) is 23.2 Å². The average molecular weight is 485 g/mol. The number of carbonyl (C=O) groups excluding carboxylic acids is 4. The van der Waals surface area contributed by atoms with Crippen molar-refractivity contribution in [2.45, 2.75) is 13.3 Å². The Morgan fingerprint density at radius 2 is 1.77 bits per heavy atom. The first-order valence-corrected chi connectivity index (χ1v) is 10.1. The van der Waals surface area contributed by atoms with Crippen LogP contribution in [0.2, 0.25) is 0 Å². The first-order chi connectivity index (χ1) is 16.6. The molecule has 0 saturated carbocycles. The summed E-state index contributed by atoms with van der Waals surface area (Å²) in [6.45, 7) is 0.588. The van der Waals surface area contributed by atoms with Crippen LogP contribution >= 0.6 is 0 Å². The molecule has 182 valence electrons. The van der Waals surface area contributed by atoms with E-state index < -0.39 is 51.7 Å². The molecule has 3 rings (SSSR count). The SMILES string of the molecule is Cc1ccc(NC(=O)COC(=O)[C@H]2CC(=O)N(NC(=O)c3ccccc3[N+](=O)[O-])C2)cc1[N+](=O)[O-]. The number of para-hydroxylation sites is 1. The number of rotatable bonds is 8. The molecule has 2 N–H and O–H groups in total. The summed E-state index contributed by atoms with van der Waals surface area (Å²) in [4.78, 5) is 69.8. The van der Waals surface area contributed by atoms with Crippen molar-refractivity contribution in [1.29, 1.82) is 0 Å². The highest BCUT2D eigenvalue weighted by Crippen LogP contribution is 2.23. The van der Waals surface area contributed by atoms with Gasteiger partial charge < -0.3 is 10.1 Å². The van der Waals surface area contributed by atoms with Crippen LogP contribution in [0.15, 0.2) is 42.5 Å². The number of ether oxygens (including phenoxy) is 1. The molecule has 1 aliphatic heterocycles. The summed E-state index contributed by atoms with van der Waals surface area (Å²) in [5.41, 5.74) is 1.89. The number of nitro groups is 2. The van der Waals surface area contributed by atoms with Crippen molar-refractivity contribution in [2.75, 3.05) is 18.5 Å². The van der Waals surface area contributed by atoms with Crippen LogP contribution in [0.4, 0.5) is 17.1 Å². The lowest BCUT2D eigenvalue weighted by molar-refractivity contribution is -0.385. The highest BCUT2D eigenvalue weighted by atomic mass is 16.6. The van der Waals surface area contributed by atoms with Gasteiger partial charge in [-0.1, -0.05) is 18.2 Å². The first kappa shape index (κ1) is 24.8. The summed E-state index contributed by atoms with van der Waals surface area (Å²) in [7, 11) is 0. The fourth-order valence-corrected chi connectivity index (χ4v) is 3.32. The van der Waals surface area contributed by atoms with Gasteiger partial charge in [-0.2, -0.15) is 0 Å². The van der Waals surface area contributed by atoms with Gasteiger partial charge in [0, 0.05) is 29.8 Å². The van der Waals surface area contributed by atoms with E-state index in [1.165, 1.54) is 36.4 Å². The largest absolute Gasteiger partial charge is 0.455 e. The third-order valence-electron chi connectivity index (χ3n) is 5.08. The van der Waals surface area contributed by atoms with Crippen molar-refractivity contribution in [3.8, 4) is 0 Å². The zero-order chi connectivity index (χ0) is 25.7. The van der Waals surface area contributed by atoms with Crippen molar-refractivity contribution < 1.29 is 33.8 Å². The van der Waals surface area contributed by atoms with Crippen LogP contribution in [0.5, 0.6) is 0 Å². The smallest absolute Gasteiger partial charge is 0.311 e. The van der Waals surface area contributed by atoms with Gasteiger partial charge in [0.15, 0.2) is 6.61 Å². The van der Waals surface area contributed by atoms with Crippen LogP contribution in [0, 0.1) is 33.1 Å². The number of carbonyl (C=O) groups is 4. The molecule has 0 aromatic heterocycles. The van der Waals surface area contributed by atoms with Crippen molar-refractivity contribution in [3.63, 3.8) is 0 Å². The van der Waals surface area contributed by atoms with Crippen LogP contribution in [-0.4, -0.2) is 51.7 Å². The molecule has 0 spiro atoms. The topological polar surface area (TPSA) is 191 Å². The molecule has 14 nitrogen and oxygen atoms in total. The fraction of sp³-hybridized carbons (Fsp3) is 0.238. The van der Waals surface area contributed by atoms with Gasteiger partial charge >= 0.3 is 5.97 Å². The molecule has 2 aromatic rings. The predicted octanol–water partition coefficient (Wildman–Crippen LogP) is 1.49. The Labute approximate surface area is 197 Å². The fourth-order valence-electron chi connectivity index (χ4n) is 3.32. The lowest BCUT2D eigenvalue weighted by Crippen LogP contribution is -2.43. The van der Waals surface area contributed by atoms with Crippen LogP contribution in [-0.2, 0) is 19.1 Å². The second-order valence-electron chi connectivity index (χ2n) is 7.53. The molecule has 1 heterocycles. The van der Waals surface area contributed by atoms with E-state index in [0.29, 0.717) is 5.56 Å². The number of nitrogens with one attached hydrogen (secondary N) is 2. The van der Waals surface area contributed by atoms with E-state index in [1.807, 2.05) is 0 Å². The number of benzene rings is 2. The quantitative estimate of drug-likeness (QED) is 0.317. The zero-order valence-electron chi connectivity index (χ0n) is 18.3. The molecule has 1 aliphatic rings. The molecule has 0 bridgehead atoms. The number of anilines is 1. The van der Waals surface area contributed by atoms with E-state index in [-0.39, 0.29) is 29.9 Å². The minimum absolute atomic E-state index is 0.142. The highest BCUT2D eigenvalue weighted by Gasteiger charge is 2.37. The third kappa shape index (κ3) is 5.93. The number of esters is 1. The van der Waals surface area contributed by atoms with Crippen molar-refractivity contribution in [3.05, 3.63) is 73.8 Å². The van der Waals surface area contributed by atoms with Crippen molar-refractivity contribution in [2.24, 2.45) is 5.92 Å². The Morgan fingerprint density at radius 1 is 1.09 bits per heavy atom. The van der Waals surface area contributed by atoms with Gasteiger partial charge in [-0.15, -0.1) is 0 Å². The Balaban J connectivity index is 1.53. The molecule has 3 amide bonds. The Hall–Kier alpha value is -4.88. The Bertz CT molecular complexity index is 1230. The molecule has 1 fully saturated rings. The standard InChI is InChI=1S/C21H19N5O9/c1-12-6-7-14(9-17(12)26(33)34)22-18(27)11-35-21(30)13-8-19(28)24(10-13)23-20(29)15-4-2-3-5-16(15)25(31)32/h2-7,9,13H,8,10-11H2,1H3,(H,22,27)(H,23,29)/t13-/m0/s1. The van der Waals surface area contributed by atoms with E-state index in [9.17, 15) is 39.4 Å². The minimum atomic E-state index is -0.984. The number of hydrogen-bond acceptors (Lipinski definition) is 9. The van der Waals surface area contributed by atoms with Crippen LogP contribution in [0.1, 0.15) is 22.3 Å². The minimum Gasteiger partial charge on any atom is -0.455 e. The van der Waals surface area contributed by atoms with Gasteiger partial charge in [-0.25, -0.2) is 0 Å². The van der Waals surface area contributed by atoms with Gasteiger partial charge in [0.1, 0.15) is 5.56 Å². The Morgan fingerprint density at radius 3 is 2.46 bits per heavy atom. The highest BCUT2D eigenvalue weighted by molar-refractivity contribution is 5.99. The summed E-state index contributed by atoms with van der Waals surface area (Å²) >= 11 is 0. The van der Waals surface area contributed by atoms with Gasteiger partial charge in [0.05, 0.1) is 22.3 Å². The molecule has 35 heavy (non-hydrogen) atoms. The molecular weight excluding hydrogens is 466 g/mol. The van der Waals surface area contributed by atoms with Crippen LogP contribution in [0.25, 0.3) is 0 Å². The molecule has 2 aromatic carbocycles. The normalized spacial score (nSPS) is 14.8. The van der Waals surface area contributed by atoms with E-state index in [2.05, 4.69) is 10.7 Å². The molecule has 0 radical (unpaired) electrons. The maximum Gasteiger partial charge on any atom is 0.311 e. The predicted molar refractivity (Wildman–Crippen MR) is 118 cm³/mol. The number of hydrazine groups is 1. The molecule has 0 unspecified atom stereocenters. The van der Waals surface area contributed by atoms with E-state index in [1.54, 1.807) is 6.92 Å². The second kappa shape index (κ2) is 10.4. The summed E-state index contributed by atoms with van der Waals surface area (Å²) < 4.78 is 4.93. The number of nitrogens with zero attached hydrogens (tertiary/aromatic N) is 3. The number of amides is 3. The summed E-state index contributed by atoms with van der Waals surface area (Å²) in [6, 6.07) is 9.25. The first-order valence-electron chi connectivity index (χ1n) is 10.1. The van der Waals surface area contributed by atoms with Crippen LogP contribution in [0.3, 0.4) is 0 Å². The van der Waals surface area contributed by atoms with Gasteiger partial charge in [0.2, 0.25) is 5.91 Å². The lowest BCUT2D eigenvalue weighted by Gasteiger charge is -2.17. The molecule has 1 saturated heterocycles. The van der Waals surface area contributed by atoms with Crippen molar-refractivity contribution >= 4 is 40.8 Å². The summed E-state index contributed by atoms with van der Waals surface area (Å²) in [6.07, 6.45) is -0.304. The number of nitro benzene ring substituents is 2.